The molecule has 0 spiro atoms. The van der Waals surface area contributed by atoms with Gasteiger partial charge >= 0.3 is 0 Å². The maximum Gasteiger partial charge on any atom is 0.122 e. The fourth-order valence-corrected chi connectivity index (χ4v) is 2.43. The number of hydrogen-bond acceptors (Lipinski definition) is 3. The first kappa shape index (κ1) is 12.1. The lowest BCUT2D eigenvalue weighted by Gasteiger charge is -2.14. The van der Waals surface area contributed by atoms with Gasteiger partial charge in [-0.1, -0.05) is 24.3 Å². The molecule has 3 nitrogen and oxygen atoms in total. The summed E-state index contributed by atoms with van der Waals surface area (Å²) in [7, 11) is 1.66. The van der Waals surface area contributed by atoms with Gasteiger partial charge in [0.1, 0.15) is 11.5 Å². The lowest BCUT2D eigenvalue weighted by Crippen LogP contribution is -2.12. The molecule has 1 heterocycles. The van der Waals surface area contributed by atoms with Crippen LogP contribution in [0.25, 0.3) is 0 Å². The summed E-state index contributed by atoms with van der Waals surface area (Å²) in [6.07, 6.45) is 0.966. The Morgan fingerprint density at radius 3 is 2.84 bits per heavy atom. The third-order valence-corrected chi connectivity index (χ3v) is 3.53. The van der Waals surface area contributed by atoms with Gasteiger partial charge in [-0.15, -0.1) is 0 Å². The number of nitrogens with two attached hydrogens (primary N) is 1. The third kappa shape index (κ3) is 2.29. The normalized spacial score (nSPS) is 14.6. The minimum Gasteiger partial charge on any atom is -0.497 e. The first-order chi connectivity index (χ1) is 9.28. The van der Waals surface area contributed by atoms with Crippen molar-refractivity contribution in [1.29, 1.82) is 0 Å². The number of benzene rings is 2. The highest BCUT2D eigenvalue weighted by atomic mass is 16.5. The van der Waals surface area contributed by atoms with Crippen LogP contribution in [-0.4, -0.2) is 13.7 Å². The van der Waals surface area contributed by atoms with Gasteiger partial charge in [0.25, 0.3) is 0 Å². The highest BCUT2D eigenvalue weighted by Gasteiger charge is 2.16. The number of fused-ring (bicyclic) bond motifs is 1. The Bertz CT molecular complexity index is 595. The Balaban J connectivity index is 1.92. The number of rotatable bonds is 3. The van der Waals surface area contributed by atoms with Crippen molar-refractivity contribution in [3.8, 4) is 11.5 Å². The predicted molar refractivity (Wildman–Crippen MR) is 74.7 cm³/mol. The lowest BCUT2D eigenvalue weighted by atomic mass is 9.97. The molecule has 0 aromatic heterocycles. The summed E-state index contributed by atoms with van der Waals surface area (Å²) in [5.41, 5.74) is 9.75. The minimum atomic E-state index is -0.138. The molecule has 2 aromatic carbocycles. The molecule has 3 heteroatoms. The van der Waals surface area contributed by atoms with Crippen molar-refractivity contribution in [2.45, 2.75) is 12.5 Å². The van der Waals surface area contributed by atoms with Gasteiger partial charge in [0.2, 0.25) is 0 Å². The zero-order chi connectivity index (χ0) is 13.2. The fourth-order valence-electron chi connectivity index (χ4n) is 2.43. The van der Waals surface area contributed by atoms with E-state index in [1.54, 1.807) is 7.11 Å². The molecule has 2 N–H and O–H groups in total. The Hall–Kier alpha value is -2.00. The monoisotopic (exact) mass is 255 g/mol. The van der Waals surface area contributed by atoms with Gasteiger partial charge < -0.3 is 15.2 Å². The van der Waals surface area contributed by atoms with E-state index in [0.717, 1.165) is 35.7 Å². The summed E-state index contributed by atoms with van der Waals surface area (Å²) in [5.74, 6) is 1.82. The van der Waals surface area contributed by atoms with Gasteiger partial charge in [0.05, 0.1) is 19.8 Å². The molecule has 0 saturated carbocycles. The molecule has 1 aliphatic rings. The van der Waals surface area contributed by atoms with Crippen LogP contribution in [0.5, 0.6) is 11.5 Å². The second kappa shape index (κ2) is 4.94. The standard InChI is InChI=1S/C16H17NO2/c1-18-14-4-2-3-12(10-14)16(17)13-5-6-15-11(9-13)7-8-19-15/h2-6,9-10,16H,7-8,17H2,1H3. The average molecular weight is 255 g/mol. The van der Waals surface area contributed by atoms with Crippen molar-refractivity contribution in [1.82, 2.24) is 0 Å². The van der Waals surface area contributed by atoms with Crippen molar-refractivity contribution in [2.75, 3.05) is 13.7 Å². The first-order valence-corrected chi connectivity index (χ1v) is 6.43. The molecule has 0 fully saturated rings. The van der Waals surface area contributed by atoms with Crippen LogP contribution in [0.1, 0.15) is 22.7 Å². The summed E-state index contributed by atoms with van der Waals surface area (Å²) < 4.78 is 10.8. The lowest BCUT2D eigenvalue weighted by molar-refractivity contribution is 0.357. The zero-order valence-corrected chi connectivity index (χ0v) is 10.9. The third-order valence-electron chi connectivity index (χ3n) is 3.53. The average Bonchev–Trinajstić information content (AvgIpc) is 2.94. The van der Waals surface area contributed by atoms with E-state index in [1.807, 2.05) is 36.4 Å². The molecule has 0 radical (unpaired) electrons. The summed E-state index contributed by atoms with van der Waals surface area (Å²) in [5, 5.41) is 0. The molecule has 1 atom stereocenters. The molecule has 1 aliphatic heterocycles. The van der Waals surface area contributed by atoms with E-state index in [2.05, 4.69) is 6.07 Å². The largest absolute Gasteiger partial charge is 0.497 e. The first-order valence-electron chi connectivity index (χ1n) is 6.43. The van der Waals surface area contributed by atoms with Crippen molar-refractivity contribution in [2.24, 2.45) is 5.73 Å². The number of hydrogen-bond donors (Lipinski definition) is 1. The molecule has 98 valence electrons. The maximum atomic E-state index is 6.34. The van der Waals surface area contributed by atoms with Crippen LogP contribution in [0, 0.1) is 0 Å². The van der Waals surface area contributed by atoms with Gasteiger partial charge in [0, 0.05) is 6.42 Å². The van der Waals surface area contributed by atoms with Crippen LogP contribution in [0.4, 0.5) is 0 Å². The van der Waals surface area contributed by atoms with Crippen LogP contribution in [0.3, 0.4) is 0 Å². The molecular formula is C16H17NO2. The summed E-state index contributed by atoms with van der Waals surface area (Å²) >= 11 is 0. The predicted octanol–water partition coefficient (Wildman–Crippen LogP) is 2.68. The molecule has 0 bridgehead atoms. The van der Waals surface area contributed by atoms with Gasteiger partial charge in [-0.25, -0.2) is 0 Å². The highest BCUT2D eigenvalue weighted by Crippen LogP contribution is 2.30. The molecular weight excluding hydrogens is 238 g/mol. The van der Waals surface area contributed by atoms with Crippen LogP contribution in [-0.2, 0) is 6.42 Å². The molecule has 0 aliphatic carbocycles. The van der Waals surface area contributed by atoms with E-state index in [0.29, 0.717) is 0 Å². The van der Waals surface area contributed by atoms with Crippen LogP contribution in [0.15, 0.2) is 42.5 Å². The quantitative estimate of drug-likeness (QED) is 0.917. The van der Waals surface area contributed by atoms with Crippen molar-refractivity contribution < 1.29 is 9.47 Å². The molecule has 0 amide bonds. The fraction of sp³-hybridized carbons (Fsp3) is 0.250. The van der Waals surface area contributed by atoms with Crippen LogP contribution >= 0.6 is 0 Å². The Labute approximate surface area is 113 Å². The zero-order valence-electron chi connectivity index (χ0n) is 10.9. The highest BCUT2D eigenvalue weighted by molar-refractivity contribution is 5.44. The Kier molecular flexibility index (Phi) is 3.13. The van der Waals surface area contributed by atoms with Crippen LogP contribution in [0.2, 0.25) is 0 Å². The van der Waals surface area contributed by atoms with E-state index in [9.17, 15) is 0 Å². The second-order valence-electron chi connectivity index (χ2n) is 4.72. The van der Waals surface area contributed by atoms with E-state index in [-0.39, 0.29) is 6.04 Å². The second-order valence-corrected chi connectivity index (χ2v) is 4.72. The van der Waals surface area contributed by atoms with E-state index in [1.165, 1.54) is 5.56 Å². The Morgan fingerprint density at radius 2 is 2.00 bits per heavy atom. The van der Waals surface area contributed by atoms with E-state index in [4.69, 9.17) is 15.2 Å². The van der Waals surface area contributed by atoms with Crippen molar-refractivity contribution in [3.63, 3.8) is 0 Å². The van der Waals surface area contributed by atoms with Gasteiger partial charge in [0.15, 0.2) is 0 Å². The number of ether oxygens (including phenoxy) is 2. The Morgan fingerprint density at radius 1 is 1.16 bits per heavy atom. The molecule has 3 rings (SSSR count). The number of methoxy groups -OCH3 is 1. The SMILES string of the molecule is COc1cccc(C(N)c2ccc3c(c2)CCO3)c1. The smallest absolute Gasteiger partial charge is 0.122 e. The molecule has 0 saturated heterocycles. The molecule has 2 aromatic rings. The summed E-state index contributed by atoms with van der Waals surface area (Å²) in [6, 6.07) is 13.9. The van der Waals surface area contributed by atoms with Crippen molar-refractivity contribution >= 4 is 0 Å². The van der Waals surface area contributed by atoms with Crippen LogP contribution < -0.4 is 15.2 Å². The van der Waals surface area contributed by atoms with Gasteiger partial charge in [-0.3, -0.25) is 0 Å². The molecule has 1 unspecified atom stereocenters. The van der Waals surface area contributed by atoms with E-state index >= 15 is 0 Å². The topological polar surface area (TPSA) is 44.5 Å². The summed E-state index contributed by atoms with van der Waals surface area (Å²) in [6.45, 7) is 0.771. The van der Waals surface area contributed by atoms with E-state index < -0.39 is 0 Å². The maximum absolute atomic E-state index is 6.34. The summed E-state index contributed by atoms with van der Waals surface area (Å²) in [4.78, 5) is 0. The van der Waals surface area contributed by atoms with Gasteiger partial charge in [-0.05, 0) is 34.9 Å². The van der Waals surface area contributed by atoms with Gasteiger partial charge in [-0.2, -0.15) is 0 Å². The van der Waals surface area contributed by atoms with Crippen molar-refractivity contribution in [3.05, 3.63) is 59.2 Å². The minimum absolute atomic E-state index is 0.138. The molecule has 19 heavy (non-hydrogen) atoms.